The highest BCUT2D eigenvalue weighted by Gasteiger charge is 2.58. The van der Waals surface area contributed by atoms with E-state index in [0.29, 0.717) is 41.1 Å². The van der Waals surface area contributed by atoms with E-state index < -0.39 is 17.6 Å². The summed E-state index contributed by atoms with van der Waals surface area (Å²) in [5.41, 5.74) is 6.59. The Morgan fingerprint density at radius 1 is 1.19 bits per heavy atom. The van der Waals surface area contributed by atoms with Gasteiger partial charge in [0.1, 0.15) is 5.82 Å². The summed E-state index contributed by atoms with van der Waals surface area (Å²) in [7, 11) is 0. The number of rotatable bonds is 4. The highest BCUT2D eigenvalue weighted by Crippen LogP contribution is 2.64. The van der Waals surface area contributed by atoms with Crippen LogP contribution < -0.4 is 11.1 Å². The van der Waals surface area contributed by atoms with Gasteiger partial charge in [-0.1, -0.05) is 0 Å². The van der Waals surface area contributed by atoms with E-state index in [1.165, 1.54) is 19.0 Å². The van der Waals surface area contributed by atoms with Gasteiger partial charge < -0.3 is 11.1 Å². The van der Waals surface area contributed by atoms with E-state index in [1.807, 2.05) is 10.7 Å². The van der Waals surface area contributed by atoms with Gasteiger partial charge in [-0.05, 0) is 57.6 Å². The molecule has 0 bridgehead atoms. The van der Waals surface area contributed by atoms with Crippen molar-refractivity contribution in [1.82, 2.24) is 25.0 Å². The number of halogens is 3. The first-order chi connectivity index (χ1) is 15.1. The number of alkyl halides is 3. The number of hydrogen-bond donors (Lipinski definition) is 2. The highest BCUT2D eigenvalue weighted by molar-refractivity contribution is 5.63. The molecule has 2 aliphatic carbocycles. The van der Waals surface area contributed by atoms with Crippen LogP contribution in [0.2, 0.25) is 0 Å². The number of fused-ring (bicyclic) bond motifs is 1. The molecule has 3 atom stereocenters. The summed E-state index contributed by atoms with van der Waals surface area (Å²) >= 11 is 0. The first-order valence-electron chi connectivity index (χ1n) is 11.5. The molecule has 3 fully saturated rings. The quantitative estimate of drug-likeness (QED) is 0.742. The minimum atomic E-state index is -4.54. The van der Waals surface area contributed by atoms with Crippen LogP contribution in [0.4, 0.5) is 19.0 Å². The third kappa shape index (κ3) is 3.79. The van der Waals surface area contributed by atoms with Crippen molar-refractivity contribution in [3.63, 3.8) is 0 Å². The Labute approximate surface area is 186 Å². The van der Waals surface area contributed by atoms with E-state index >= 15 is 0 Å². The Morgan fingerprint density at radius 2 is 1.91 bits per heavy atom. The Bertz CT molecular complexity index is 988. The minimum absolute atomic E-state index is 0.133. The zero-order valence-corrected chi connectivity index (χ0v) is 18.7. The number of piperazine rings is 1. The standard InChI is InChI=1S/C23H31F3N6/c1-12(2)32-20(9-19(30-32)14-6-18(23(24,25)26)22(27)29-10-14)21-16-7-15(8-17(16)21)31-5-4-28-13(3)11-31/h6,9-10,12-13,15-17,21,28H,4-5,7-8,11H2,1-3H3,(H2,27,29). The van der Waals surface area contributed by atoms with Crippen molar-refractivity contribution in [2.75, 3.05) is 25.4 Å². The van der Waals surface area contributed by atoms with E-state index in [4.69, 9.17) is 5.73 Å². The van der Waals surface area contributed by atoms with Crippen molar-refractivity contribution >= 4 is 5.82 Å². The van der Waals surface area contributed by atoms with Crippen LogP contribution in [-0.4, -0.2) is 51.4 Å². The molecule has 2 saturated carbocycles. The monoisotopic (exact) mass is 448 g/mol. The lowest BCUT2D eigenvalue weighted by atomic mass is 10.0. The fraction of sp³-hybridized carbons (Fsp3) is 0.652. The number of pyridine rings is 1. The SMILES string of the molecule is CC1CN(C2CC3C(C2)C3c2cc(-c3cnc(N)c(C(F)(F)F)c3)nn2C(C)C)CCN1. The molecule has 0 amide bonds. The van der Waals surface area contributed by atoms with Gasteiger partial charge in [0.15, 0.2) is 0 Å². The van der Waals surface area contributed by atoms with Crippen molar-refractivity contribution in [1.29, 1.82) is 0 Å². The molecule has 3 aliphatic rings. The first kappa shape index (κ1) is 21.7. The van der Waals surface area contributed by atoms with E-state index in [2.05, 4.69) is 41.1 Å². The zero-order chi connectivity index (χ0) is 22.8. The van der Waals surface area contributed by atoms with Crippen molar-refractivity contribution in [2.24, 2.45) is 11.8 Å². The maximum Gasteiger partial charge on any atom is 0.419 e. The Hall–Kier alpha value is -2.13. The summed E-state index contributed by atoms with van der Waals surface area (Å²) in [6.45, 7) is 9.63. The molecule has 0 radical (unpaired) electrons. The van der Waals surface area contributed by atoms with Crippen molar-refractivity contribution in [3.05, 3.63) is 29.6 Å². The molecule has 5 rings (SSSR count). The van der Waals surface area contributed by atoms with Gasteiger partial charge in [0.25, 0.3) is 0 Å². The van der Waals surface area contributed by atoms with Crippen molar-refractivity contribution < 1.29 is 13.2 Å². The highest BCUT2D eigenvalue weighted by atomic mass is 19.4. The number of anilines is 1. The van der Waals surface area contributed by atoms with Gasteiger partial charge in [0, 0.05) is 61.1 Å². The molecule has 0 spiro atoms. The second-order valence-electron chi connectivity index (χ2n) is 9.98. The first-order valence-corrected chi connectivity index (χ1v) is 11.5. The third-order valence-electron chi connectivity index (χ3n) is 7.45. The van der Waals surface area contributed by atoms with Crippen LogP contribution in [0.25, 0.3) is 11.3 Å². The molecule has 2 aromatic heterocycles. The van der Waals surface area contributed by atoms with Crippen LogP contribution in [0.3, 0.4) is 0 Å². The molecule has 1 aliphatic heterocycles. The largest absolute Gasteiger partial charge is 0.419 e. The number of aromatic nitrogens is 3. The second kappa shape index (κ2) is 7.73. The maximum atomic E-state index is 13.3. The van der Waals surface area contributed by atoms with Crippen LogP contribution in [0.15, 0.2) is 18.3 Å². The second-order valence-corrected chi connectivity index (χ2v) is 9.98. The topological polar surface area (TPSA) is 72.0 Å². The number of nitrogens with two attached hydrogens (primary N) is 1. The molecule has 32 heavy (non-hydrogen) atoms. The Kier molecular flexibility index (Phi) is 5.24. The van der Waals surface area contributed by atoms with Crippen LogP contribution >= 0.6 is 0 Å². The summed E-state index contributed by atoms with van der Waals surface area (Å²) in [6, 6.07) is 4.36. The number of nitrogens with zero attached hydrogens (tertiary/aromatic N) is 4. The van der Waals surface area contributed by atoms with Crippen LogP contribution in [0.1, 0.15) is 56.8 Å². The van der Waals surface area contributed by atoms with E-state index in [-0.39, 0.29) is 6.04 Å². The summed E-state index contributed by atoms with van der Waals surface area (Å²) < 4.78 is 41.9. The molecule has 3 heterocycles. The fourth-order valence-electron chi connectivity index (χ4n) is 5.90. The van der Waals surface area contributed by atoms with Crippen LogP contribution in [0.5, 0.6) is 0 Å². The number of hydrogen-bond acceptors (Lipinski definition) is 5. The third-order valence-corrected chi connectivity index (χ3v) is 7.45. The molecule has 1 saturated heterocycles. The zero-order valence-electron chi connectivity index (χ0n) is 18.7. The Balaban J connectivity index is 1.37. The molecule has 0 aromatic carbocycles. The smallest absolute Gasteiger partial charge is 0.383 e. The van der Waals surface area contributed by atoms with Gasteiger partial charge in [0.05, 0.1) is 11.3 Å². The summed E-state index contributed by atoms with van der Waals surface area (Å²) in [5.74, 6) is 1.22. The Morgan fingerprint density at radius 3 is 2.53 bits per heavy atom. The lowest BCUT2D eigenvalue weighted by molar-refractivity contribution is -0.137. The lowest BCUT2D eigenvalue weighted by Gasteiger charge is -2.37. The van der Waals surface area contributed by atoms with Crippen molar-refractivity contribution in [3.8, 4) is 11.3 Å². The molecule has 3 unspecified atom stereocenters. The van der Waals surface area contributed by atoms with Gasteiger partial charge in [-0.2, -0.15) is 18.3 Å². The predicted molar refractivity (Wildman–Crippen MR) is 117 cm³/mol. The minimum Gasteiger partial charge on any atom is -0.383 e. The van der Waals surface area contributed by atoms with Crippen LogP contribution in [-0.2, 0) is 6.18 Å². The predicted octanol–water partition coefficient (Wildman–Crippen LogP) is 3.91. The molecule has 9 heteroatoms. The molecule has 2 aromatic rings. The molecular weight excluding hydrogens is 417 g/mol. The van der Waals surface area contributed by atoms with Gasteiger partial charge in [0.2, 0.25) is 0 Å². The molecule has 174 valence electrons. The molecule has 3 N–H and O–H groups in total. The number of nitrogen functional groups attached to an aromatic ring is 1. The number of nitrogens with one attached hydrogen (secondary N) is 1. The van der Waals surface area contributed by atoms with Gasteiger partial charge in [-0.3, -0.25) is 9.58 Å². The summed E-state index contributed by atoms with van der Waals surface area (Å²) in [5, 5.41) is 8.20. The molecular formula is C23H31F3N6. The summed E-state index contributed by atoms with van der Waals surface area (Å²) in [6.07, 6.45) is -0.762. The van der Waals surface area contributed by atoms with Gasteiger partial charge in [-0.15, -0.1) is 0 Å². The van der Waals surface area contributed by atoms with E-state index in [9.17, 15) is 13.2 Å². The van der Waals surface area contributed by atoms with Crippen molar-refractivity contribution in [2.45, 2.75) is 63.8 Å². The molecule has 6 nitrogen and oxygen atoms in total. The summed E-state index contributed by atoms with van der Waals surface area (Å²) in [4.78, 5) is 6.42. The average molecular weight is 449 g/mol. The van der Waals surface area contributed by atoms with Gasteiger partial charge in [-0.25, -0.2) is 4.98 Å². The van der Waals surface area contributed by atoms with E-state index in [1.54, 1.807) is 0 Å². The lowest BCUT2D eigenvalue weighted by Crippen LogP contribution is -2.52. The normalized spacial score (nSPS) is 30.7. The maximum absolute atomic E-state index is 13.3. The average Bonchev–Trinajstić information content (AvgIpc) is 3.08. The van der Waals surface area contributed by atoms with Gasteiger partial charge >= 0.3 is 6.18 Å². The van der Waals surface area contributed by atoms with Crippen LogP contribution in [0, 0.1) is 11.8 Å². The fourth-order valence-corrected chi connectivity index (χ4v) is 5.90. The van der Waals surface area contributed by atoms with E-state index in [0.717, 1.165) is 31.4 Å².